The number of hydrogen-bond acceptors (Lipinski definition) is 4. The number of hydrazine groups is 1. The van der Waals surface area contributed by atoms with Crippen LogP contribution >= 0.6 is 0 Å². The summed E-state index contributed by atoms with van der Waals surface area (Å²) in [4.78, 5) is 13.9. The van der Waals surface area contributed by atoms with Gasteiger partial charge in [0, 0.05) is 6.54 Å². The molecule has 3 N–H and O–H groups in total. The van der Waals surface area contributed by atoms with Crippen LogP contribution in [0.25, 0.3) is 0 Å². The summed E-state index contributed by atoms with van der Waals surface area (Å²) in [6.45, 7) is 3.45. The van der Waals surface area contributed by atoms with Gasteiger partial charge in [-0.1, -0.05) is 19.1 Å². The largest absolute Gasteiger partial charge is 0.491 e. The standard InChI is InChI=1S/C13H19N3O2/c1-2-10(13(17)15-14)16-8-5-9-18-12-7-4-3-6-11(12)16/h3-4,6-7,10H,2,5,8-9,14H2,1H3,(H,15,17). The van der Waals surface area contributed by atoms with Gasteiger partial charge in [0.15, 0.2) is 0 Å². The SMILES string of the molecule is CCC(C(=O)NN)N1CCCOc2ccccc21. The fourth-order valence-electron chi connectivity index (χ4n) is 2.32. The predicted molar refractivity (Wildman–Crippen MR) is 70.3 cm³/mol. The zero-order chi connectivity index (χ0) is 13.0. The maximum atomic E-state index is 11.8. The lowest BCUT2D eigenvalue weighted by atomic mass is 10.1. The topological polar surface area (TPSA) is 67.6 Å². The molecule has 1 unspecified atom stereocenters. The van der Waals surface area contributed by atoms with Crippen LogP contribution in [0.15, 0.2) is 24.3 Å². The highest BCUT2D eigenvalue weighted by molar-refractivity contribution is 5.85. The predicted octanol–water partition coefficient (Wildman–Crippen LogP) is 1.04. The van der Waals surface area contributed by atoms with E-state index in [0.29, 0.717) is 13.0 Å². The molecule has 0 spiro atoms. The van der Waals surface area contributed by atoms with Crippen molar-refractivity contribution in [2.75, 3.05) is 18.1 Å². The highest BCUT2D eigenvalue weighted by atomic mass is 16.5. The van der Waals surface area contributed by atoms with Gasteiger partial charge in [-0.2, -0.15) is 0 Å². The van der Waals surface area contributed by atoms with Gasteiger partial charge < -0.3 is 9.64 Å². The van der Waals surface area contributed by atoms with Crippen LogP contribution in [0.1, 0.15) is 19.8 Å². The summed E-state index contributed by atoms with van der Waals surface area (Å²) in [5.41, 5.74) is 3.21. The van der Waals surface area contributed by atoms with Crippen LogP contribution < -0.4 is 20.9 Å². The van der Waals surface area contributed by atoms with Gasteiger partial charge in [0.1, 0.15) is 11.8 Å². The number of nitrogens with one attached hydrogen (secondary N) is 1. The van der Waals surface area contributed by atoms with E-state index in [1.54, 1.807) is 0 Å². The molecule has 0 aliphatic carbocycles. The third-order valence-electron chi connectivity index (χ3n) is 3.18. The van der Waals surface area contributed by atoms with Gasteiger partial charge in [0.2, 0.25) is 0 Å². The highest BCUT2D eigenvalue weighted by Gasteiger charge is 2.27. The molecule has 1 atom stereocenters. The van der Waals surface area contributed by atoms with Crippen LogP contribution in [0.2, 0.25) is 0 Å². The van der Waals surface area contributed by atoms with Crippen LogP contribution in [0, 0.1) is 0 Å². The molecule has 0 bridgehead atoms. The Labute approximate surface area is 107 Å². The van der Waals surface area contributed by atoms with E-state index in [1.165, 1.54) is 0 Å². The summed E-state index contributed by atoms with van der Waals surface area (Å²) >= 11 is 0. The number of carbonyl (C=O) groups excluding carboxylic acids is 1. The maximum Gasteiger partial charge on any atom is 0.256 e. The van der Waals surface area contributed by atoms with Crippen molar-refractivity contribution in [3.8, 4) is 5.75 Å². The number of nitrogens with two attached hydrogens (primary N) is 1. The molecule has 18 heavy (non-hydrogen) atoms. The third kappa shape index (κ3) is 2.41. The van der Waals surface area contributed by atoms with Gasteiger partial charge in [-0.05, 0) is 25.0 Å². The first-order valence-electron chi connectivity index (χ1n) is 6.27. The number of rotatable bonds is 3. The molecule has 0 radical (unpaired) electrons. The van der Waals surface area contributed by atoms with Crippen LogP contribution in [-0.4, -0.2) is 25.1 Å². The first kappa shape index (κ1) is 12.7. The first-order valence-corrected chi connectivity index (χ1v) is 6.27. The number of amides is 1. The number of benzene rings is 1. The second-order valence-corrected chi connectivity index (χ2v) is 4.30. The summed E-state index contributed by atoms with van der Waals surface area (Å²) < 4.78 is 5.68. The van der Waals surface area contributed by atoms with E-state index >= 15 is 0 Å². The van der Waals surface area contributed by atoms with E-state index in [9.17, 15) is 4.79 Å². The van der Waals surface area contributed by atoms with E-state index in [0.717, 1.165) is 24.4 Å². The molecule has 1 aromatic rings. The summed E-state index contributed by atoms with van der Waals surface area (Å²) in [6, 6.07) is 7.55. The number of ether oxygens (including phenoxy) is 1. The molecular formula is C13H19N3O2. The highest BCUT2D eigenvalue weighted by Crippen LogP contribution is 2.32. The maximum absolute atomic E-state index is 11.8. The Morgan fingerprint density at radius 1 is 1.56 bits per heavy atom. The quantitative estimate of drug-likeness (QED) is 0.477. The molecule has 1 aliphatic heterocycles. The average molecular weight is 249 g/mol. The smallest absolute Gasteiger partial charge is 0.256 e. The Morgan fingerprint density at radius 2 is 2.33 bits per heavy atom. The van der Waals surface area contributed by atoms with Gasteiger partial charge >= 0.3 is 0 Å². The van der Waals surface area contributed by atoms with Crippen molar-refractivity contribution in [1.82, 2.24) is 5.43 Å². The van der Waals surface area contributed by atoms with Gasteiger partial charge in [-0.25, -0.2) is 5.84 Å². The molecule has 1 amide bonds. The molecule has 0 saturated carbocycles. The fourth-order valence-corrected chi connectivity index (χ4v) is 2.32. The molecule has 0 aromatic heterocycles. The monoisotopic (exact) mass is 249 g/mol. The number of anilines is 1. The molecule has 5 nitrogen and oxygen atoms in total. The van der Waals surface area contributed by atoms with Crippen molar-refractivity contribution >= 4 is 11.6 Å². The van der Waals surface area contributed by atoms with E-state index < -0.39 is 0 Å². The Kier molecular flexibility index (Phi) is 4.04. The van der Waals surface area contributed by atoms with Crippen molar-refractivity contribution in [3.05, 3.63) is 24.3 Å². The molecule has 1 aliphatic rings. The molecule has 1 heterocycles. The summed E-state index contributed by atoms with van der Waals surface area (Å²) in [7, 11) is 0. The van der Waals surface area contributed by atoms with Crippen LogP contribution in [0.4, 0.5) is 5.69 Å². The summed E-state index contributed by atoms with van der Waals surface area (Å²) in [6.07, 6.45) is 1.60. The van der Waals surface area contributed by atoms with Crippen molar-refractivity contribution in [2.45, 2.75) is 25.8 Å². The number of fused-ring (bicyclic) bond motifs is 1. The third-order valence-corrected chi connectivity index (χ3v) is 3.18. The average Bonchev–Trinajstić information content (AvgIpc) is 2.62. The lowest BCUT2D eigenvalue weighted by Gasteiger charge is -2.30. The second-order valence-electron chi connectivity index (χ2n) is 4.30. The zero-order valence-electron chi connectivity index (χ0n) is 10.6. The van der Waals surface area contributed by atoms with E-state index in [2.05, 4.69) is 10.3 Å². The Balaban J connectivity index is 2.34. The van der Waals surface area contributed by atoms with Crippen LogP contribution in [0.5, 0.6) is 5.75 Å². The lowest BCUT2D eigenvalue weighted by molar-refractivity contribution is -0.122. The molecule has 2 rings (SSSR count). The van der Waals surface area contributed by atoms with Crippen molar-refractivity contribution in [3.63, 3.8) is 0 Å². The van der Waals surface area contributed by atoms with Crippen LogP contribution in [0.3, 0.4) is 0 Å². The van der Waals surface area contributed by atoms with Gasteiger partial charge in [0.05, 0.1) is 12.3 Å². The number of nitrogens with zero attached hydrogens (tertiary/aromatic N) is 1. The number of carbonyl (C=O) groups is 1. The van der Waals surface area contributed by atoms with Crippen molar-refractivity contribution < 1.29 is 9.53 Å². The summed E-state index contributed by atoms with van der Waals surface area (Å²) in [5.74, 6) is 5.93. The van der Waals surface area contributed by atoms with Gasteiger partial charge in [-0.15, -0.1) is 0 Å². The molecule has 98 valence electrons. The Bertz CT molecular complexity index is 422. The van der Waals surface area contributed by atoms with Crippen molar-refractivity contribution in [1.29, 1.82) is 0 Å². The minimum atomic E-state index is -0.252. The molecular weight excluding hydrogens is 230 g/mol. The number of para-hydroxylation sites is 2. The van der Waals surface area contributed by atoms with Crippen molar-refractivity contribution in [2.24, 2.45) is 5.84 Å². The fraction of sp³-hybridized carbons (Fsp3) is 0.462. The van der Waals surface area contributed by atoms with Gasteiger partial charge in [-0.3, -0.25) is 10.2 Å². The lowest BCUT2D eigenvalue weighted by Crippen LogP contribution is -2.49. The molecule has 5 heteroatoms. The van der Waals surface area contributed by atoms with Gasteiger partial charge in [0.25, 0.3) is 5.91 Å². The normalized spacial score (nSPS) is 16.2. The summed E-state index contributed by atoms with van der Waals surface area (Å²) in [5, 5.41) is 0. The Morgan fingerprint density at radius 3 is 3.06 bits per heavy atom. The second kappa shape index (κ2) is 5.73. The first-order chi connectivity index (χ1) is 8.77. The minimum Gasteiger partial charge on any atom is -0.491 e. The van der Waals surface area contributed by atoms with Crippen LogP contribution in [-0.2, 0) is 4.79 Å². The zero-order valence-corrected chi connectivity index (χ0v) is 10.6. The Hall–Kier alpha value is -1.75. The van der Waals surface area contributed by atoms with E-state index in [4.69, 9.17) is 10.6 Å². The minimum absolute atomic E-state index is 0.158. The number of hydrogen-bond donors (Lipinski definition) is 2. The van der Waals surface area contributed by atoms with E-state index in [-0.39, 0.29) is 11.9 Å². The molecule has 1 aromatic carbocycles. The molecule has 0 fully saturated rings. The van der Waals surface area contributed by atoms with E-state index in [1.807, 2.05) is 31.2 Å². The molecule has 0 saturated heterocycles.